The van der Waals surface area contributed by atoms with Crippen LogP contribution in [0.25, 0.3) is 0 Å². The minimum absolute atomic E-state index is 0.206. The molecule has 1 heterocycles. The maximum Gasteiger partial charge on any atom is 0.323 e. The minimum atomic E-state index is -1.18. The number of hydrogen-bond donors (Lipinski definition) is 2. The molecular formula is C25H30Cl2N2O3. The molecule has 0 bridgehead atoms. The Bertz CT molecular complexity index is 1020. The van der Waals surface area contributed by atoms with E-state index in [1.807, 2.05) is 58.9 Å². The van der Waals surface area contributed by atoms with Gasteiger partial charge in [-0.1, -0.05) is 55.2 Å². The van der Waals surface area contributed by atoms with E-state index in [0.717, 1.165) is 11.1 Å². The Labute approximate surface area is 199 Å². The quantitative estimate of drug-likeness (QED) is 0.500. The molecule has 7 heteroatoms. The molecule has 172 valence electrons. The largest absolute Gasteiger partial charge is 0.459 e. The number of nitrogens with one attached hydrogen (secondary N) is 2. The summed E-state index contributed by atoms with van der Waals surface area (Å²) in [5, 5.41) is 7.45. The Kier molecular flexibility index (Phi) is 7.23. The standard InChI is InChI=1S/C25H30Cl2N2O3/c1-15(2)11-21(22(30)32-24(3,4)5)29-25(14-16-7-6-8-17(26)12-16)19-10-9-18(27)13-20(19)28-23(25)31/h6-10,12-13,15,21,29H,11,14H2,1-5H3,(H,28,31). The van der Waals surface area contributed by atoms with Crippen molar-refractivity contribution in [3.8, 4) is 0 Å². The summed E-state index contributed by atoms with van der Waals surface area (Å²) in [5.41, 5.74) is 0.419. The first-order valence-electron chi connectivity index (χ1n) is 10.8. The van der Waals surface area contributed by atoms with Crippen molar-refractivity contribution in [3.05, 3.63) is 63.6 Å². The van der Waals surface area contributed by atoms with Gasteiger partial charge in [0.1, 0.15) is 17.2 Å². The maximum atomic E-state index is 13.5. The fraction of sp³-hybridized carbons (Fsp3) is 0.440. The molecule has 1 aliphatic rings. The van der Waals surface area contributed by atoms with Crippen molar-refractivity contribution < 1.29 is 14.3 Å². The van der Waals surface area contributed by atoms with Crippen molar-refractivity contribution in [1.29, 1.82) is 0 Å². The van der Waals surface area contributed by atoms with Gasteiger partial charge < -0.3 is 10.1 Å². The summed E-state index contributed by atoms with van der Waals surface area (Å²) in [4.78, 5) is 26.6. The lowest BCUT2D eigenvalue weighted by Gasteiger charge is -2.35. The van der Waals surface area contributed by atoms with E-state index in [0.29, 0.717) is 28.6 Å². The monoisotopic (exact) mass is 476 g/mol. The first-order chi connectivity index (χ1) is 14.9. The van der Waals surface area contributed by atoms with Crippen LogP contribution < -0.4 is 10.6 Å². The average molecular weight is 477 g/mol. The van der Waals surface area contributed by atoms with Gasteiger partial charge >= 0.3 is 5.97 Å². The van der Waals surface area contributed by atoms with Gasteiger partial charge in [-0.3, -0.25) is 14.9 Å². The molecule has 3 rings (SSSR count). The second kappa shape index (κ2) is 9.42. The van der Waals surface area contributed by atoms with Crippen LogP contribution in [0.2, 0.25) is 10.0 Å². The van der Waals surface area contributed by atoms with E-state index in [9.17, 15) is 9.59 Å². The van der Waals surface area contributed by atoms with Crippen molar-refractivity contribution in [2.45, 2.75) is 64.6 Å². The van der Waals surface area contributed by atoms with Crippen molar-refractivity contribution >= 4 is 40.8 Å². The van der Waals surface area contributed by atoms with Gasteiger partial charge in [-0.15, -0.1) is 0 Å². The molecule has 0 aromatic heterocycles. The predicted molar refractivity (Wildman–Crippen MR) is 129 cm³/mol. The number of carbonyl (C=O) groups is 2. The number of esters is 1. The maximum absolute atomic E-state index is 13.5. The fourth-order valence-corrected chi connectivity index (χ4v) is 4.41. The van der Waals surface area contributed by atoms with Gasteiger partial charge in [0, 0.05) is 27.7 Å². The third kappa shape index (κ3) is 5.64. The van der Waals surface area contributed by atoms with Crippen LogP contribution in [0.3, 0.4) is 0 Å². The van der Waals surface area contributed by atoms with Gasteiger partial charge in [-0.25, -0.2) is 0 Å². The lowest BCUT2D eigenvalue weighted by molar-refractivity contribution is -0.158. The molecule has 2 aromatic rings. The number of fused-ring (bicyclic) bond motifs is 1. The van der Waals surface area contributed by atoms with Gasteiger partial charge in [0.2, 0.25) is 5.91 Å². The summed E-state index contributed by atoms with van der Waals surface area (Å²) in [6.45, 7) is 9.56. The number of hydrogen-bond acceptors (Lipinski definition) is 4. The molecule has 0 aliphatic carbocycles. The molecule has 0 saturated carbocycles. The summed E-state index contributed by atoms with van der Waals surface area (Å²) in [7, 11) is 0. The molecule has 2 N–H and O–H groups in total. The second-order valence-corrected chi connectivity index (χ2v) is 10.6. The number of carbonyl (C=O) groups excluding carboxylic acids is 2. The van der Waals surface area contributed by atoms with E-state index in [1.165, 1.54) is 0 Å². The van der Waals surface area contributed by atoms with Crippen molar-refractivity contribution in [2.24, 2.45) is 5.92 Å². The predicted octanol–water partition coefficient (Wildman–Crippen LogP) is 5.73. The fourth-order valence-electron chi connectivity index (χ4n) is 4.02. The van der Waals surface area contributed by atoms with Crippen LogP contribution in [-0.4, -0.2) is 23.5 Å². The minimum Gasteiger partial charge on any atom is -0.459 e. The lowest BCUT2D eigenvalue weighted by atomic mass is 9.83. The number of ether oxygens (including phenoxy) is 1. The Hall–Kier alpha value is -2.08. The molecule has 1 amide bonds. The zero-order valence-corrected chi connectivity index (χ0v) is 20.6. The molecule has 1 aliphatic heterocycles. The number of benzene rings is 2. The highest BCUT2D eigenvalue weighted by Gasteiger charge is 2.49. The van der Waals surface area contributed by atoms with E-state index in [2.05, 4.69) is 10.6 Å². The first kappa shape index (κ1) is 24.6. The van der Waals surface area contributed by atoms with Crippen LogP contribution in [0.4, 0.5) is 5.69 Å². The Balaban J connectivity index is 2.08. The van der Waals surface area contributed by atoms with Crippen LogP contribution in [0.15, 0.2) is 42.5 Å². The van der Waals surface area contributed by atoms with Crippen LogP contribution in [-0.2, 0) is 26.3 Å². The molecule has 0 saturated heterocycles. The van der Waals surface area contributed by atoms with E-state index in [-0.39, 0.29) is 17.8 Å². The zero-order chi connectivity index (χ0) is 23.7. The molecule has 0 spiro atoms. The highest BCUT2D eigenvalue weighted by Crippen LogP contribution is 2.41. The van der Waals surface area contributed by atoms with Crippen LogP contribution in [0, 0.1) is 5.92 Å². The normalized spacial score (nSPS) is 18.9. The van der Waals surface area contributed by atoms with Gasteiger partial charge in [0.25, 0.3) is 0 Å². The molecule has 32 heavy (non-hydrogen) atoms. The lowest BCUT2D eigenvalue weighted by Crippen LogP contribution is -2.57. The second-order valence-electron chi connectivity index (χ2n) is 9.72. The third-order valence-corrected chi connectivity index (χ3v) is 5.72. The highest BCUT2D eigenvalue weighted by molar-refractivity contribution is 6.31. The van der Waals surface area contributed by atoms with Gasteiger partial charge in [0.05, 0.1) is 0 Å². The van der Waals surface area contributed by atoms with Crippen LogP contribution in [0.5, 0.6) is 0 Å². The molecule has 2 aromatic carbocycles. The van der Waals surface area contributed by atoms with Crippen LogP contribution in [0.1, 0.15) is 52.2 Å². The molecule has 0 radical (unpaired) electrons. The summed E-state index contributed by atoms with van der Waals surface area (Å²) >= 11 is 12.4. The summed E-state index contributed by atoms with van der Waals surface area (Å²) in [6, 6.07) is 12.0. The smallest absolute Gasteiger partial charge is 0.323 e. The van der Waals surface area contributed by atoms with Gasteiger partial charge in [-0.05, 0) is 62.9 Å². The number of rotatable bonds is 7. The number of halogens is 2. The van der Waals surface area contributed by atoms with Crippen molar-refractivity contribution in [1.82, 2.24) is 5.32 Å². The summed E-state index contributed by atoms with van der Waals surface area (Å²) in [5.74, 6) is -0.420. The van der Waals surface area contributed by atoms with E-state index in [4.69, 9.17) is 27.9 Å². The SMILES string of the molecule is CC(C)CC(NC1(Cc2cccc(Cl)c2)C(=O)Nc2cc(Cl)ccc21)C(=O)OC(C)(C)C. The Morgan fingerprint density at radius 1 is 1.12 bits per heavy atom. The van der Waals surface area contributed by atoms with Gasteiger partial charge in [0.15, 0.2) is 0 Å². The van der Waals surface area contributed by atoms with Crippen LogP contribution >= 0.6 is 23.2 Å². The first-order valence-corrected chi connectivity index (χ1v) is 11.5. The Morgan fingerprint density at radius 2 is 1.81 bits per heavy atom. The van der Waals surface area contributed by atoms with Crippen molar-refractivity contribution in [3.63, 3.8) is 0 Å². The number of amides is 1. The van der Waals surface area contributed by atoms with Gasteiger partial charge in [-0.2, -0.15) is 0 Å². The number of anilines is 1. The molecule has 2 atom stereocenters. The topological polar surface area (TPSA) is 67.4 Å². The molecule has 5 nitrogen and oxygen atoms in total. The molecule has 0 fully saturated rings. The average Bonchev–Trinajstić information content (AvgIpc) is 2.90. The van der Waals surface area contributed by atoms with E-state index >= 15 is 0 Å². The van der Waals surface area contributed by atoms with Crippen molar-refractivity contribution in [2.75, 3.05) is 5.32 Å². The summed E-state index contributed by atoms with van der Waals surface area (Å²) in [6.07, 6.45) is 0.827. The van der Waals surface area contributed by atoms with E-state index < -0.39 is 17.2 Å². The highest BCUT2D eigenvalue weighted by atomic mass is 35.5. The molecular weight excluding hydrogens is 447 g/mol. The van der Waals surface area contributed by atoms with E-state index in [1.54, 1.807) is 18.2 Å². The third-order valence-electron chi connectivity index (χ3n) is 5.25. The molecule has 2 unspecified atom stereocenters. The summed E-state index contributed by atoms with van der Waals surface area (Å²) < 4.78 is 5.69. The Morgan fingerprint density at radius 3 is 2.44 bits per heavy atom. The zero-order valence-electron chi connectivity index (χ0n) is 19.1.